The third-order valence-corrected chi connectivity index (χ3v) is 5.56. The van der Waals surface area contributed by atoms with Crippen LogP contribution in [0.1, 0.15) is 5.89 Å². The van der Waals surface area contributed by atoms with Crippen molar-refractivity contribution in [1.29, 1.82) is 0 Å². The van der Waals surface area contributed by atoms with Crippen molar-refractivity contribution < 1.29 is 23.4 Å². The van der Waals surface area contributed by atoms with Crippen LogP contribution in [0.2, 0.25) is 0 Å². The molecule has 0 amide bonds. The lowest BCUT2D eigenvalue weighted by molar-refractivity contribution is -0.250. The van der Waals surface area contributed by atoms with E-state index in [0.29, 0.717) is 11.5 Å². The number of benzene rings is 1. The van der Waals surface area contributed by atoms with Gasteiger partial charge in [0, 0.05) is 25.7 Å². The first-order chi connectivity index (χ1) is 12.2. The van der Waals surface area contributed by atoms with Crippen LogP contribution in [0.5, 0.6) is 0 Å². The second kappa shape index (κ2) is 5.03. The van der Waals surface area contributed by atoms with E-state index < -0.39 is 17.6 Å². The Labute approximate surface area is 144 Å². The molecule has 6 heteroatoms. The fourth-order valence-corrected chi connectivity index (χ4v) is 4.43. The number of rotatable bonds is 3. The minimum Gasteiger partial charge on any atom is -0.497 e. The highest BCUT2D eigenvalue weighted by molar-refractivity contribution is 5.98. The Hall–Kier alpha value is -2.44. The molecule has 4 atom stereocenters. The van der Waals surface area contributed by atoms with Gasteiger partial charge in [-0.05, 0) is 18.2 Å². The summed E-state index contributed by atoms with van der Waals surface area (Å²) in [5, 5.41) is 0. The third-order valence-electron chi connectivity index (χ3n) is 5.56. The molecule has 6 nitrogen and oxygen atoms in total. The van der Waals surface area contributed by atoms with Gasteiger partial charge in [-0.3, -0.25) is 4.79 Å². The number of Topliss-reactive ketones (excluding diaryl/α,β-unsaturated/α-hetero) is 1. The molecule has 2 bridgehead atoms. The first-order valence-electron chi connectivity index (χ1n) is 8.24. The lowest BCUT2D eigenvalue weighted by Gasteiger charge is -2.51. The van der Waals surface area contributed by atoms with Gasteiger partial charge in [-0.25, -0.2) is 4.98 Å². The summed E-state index contributed by atoms with van der Waals surface area (Å²) >= 11 is 0. The van der Waals surface area contributed by atoms with E-state index in [0.717, 1.165) is 11.1 Å². The maximum Gasteiger partial charge on any atom is 0.240 e. The monoisotopic (exact) mass is 339 g/mol. The van der Waals surface area contributed by atoms with E-state index >= 15 is 0 Å². The lowest BCUT2D eigenvalue weighted by Crippen LogP contribution is -2.65. The second-order valence-corrected chi connectivity index (χ2v) is 6.56. The highest BCUT2D eigenvalue weighted by Gasteiger charge is 2.66. The standard InChI is InChI=1S/C19H17NO5/c1-22-19(23-2)15-12(18-20-13-5-3-4-6-14(13)25-18)9-11(17(19)21)10-7-8-24-16(10)15/h3-11,15-16H,1-2H3/t10-,11+,15-,16-/m1/s1. The summed E-state index contributed by atoms with van der Waals surface area (Å²) in [6.45, 7) is 0. The van der Waals surface area contributed by atoms with Gasteiger partial charge in [-0.15, -0.1) is 0 Å². The fourth-order valence-electron chi connectivity index (χ4n) is 4.43. The molecule has 2 aromatic rings. The summed E-state index contributed by atoms with van der Waals surface area (Å²) in [5.74, 6) is -1.84. The first-order valence-corrected chi connectivity index (χ1v) is 8.24. The molecule has 3 aliphatic carbocycles. The maximum atomic E-state index is 13.0. The van der Waals surface area contributed by atoms with Gasteiger partial charge >= 0.3 is 0 Å². The molecule has 2 heterocycles. The molecular formula is C19H17NO5. The predicted octanol–water partition coefficient (Wildman–Crippen LogP) is 2.56. The quantitative estimate of drug-likeness (QED) is 0.801. The number of fused-ring (bicyclic) bond motifs is 2. The van der Waals surface area contributed by atoms with Crippen molar-refractivity contribution in [3.8, 4) is 0 Å². The number of carbonyl (C=O) groups is 1. The molecule has 1 aromatic carbocycles. The summed E-state index contributed by atoms with van der Waals surface area (Å²) in [4.78, 5) is 17.6. The molecule has 0 N–H and O–H groups in total. The Kier molecular flexibility index (Phi) is 2.99. The van der Waals surface area contributed by atoms with Gasteiger partial charge in [0.15, 0.2) is 11.4 Å². The molecule has 1 saturated carbocycles. The molecule has 25 heavy (non-hydrogen) atoms. The van der Waals surface area contributed by atoms with Crippen molar-refractivity contribution in [3.63, 3.8) is 0 Å². The van der Waals surface area contributed by atoms with Gasteiger partial charge in [-0.2, -0.15) is 0 Å². The van der Waals surface area contributed by atoms with E-state index in [1.807, 2.05) is 36.4 Å². The van der Waals surface area contributed by atoms with Crippen LogP contribution in [0.25, 0.3) is 16.7 Å². The largest absolute Gasteiger partial charge is 0.497 e. The highest BCUT2D eigenvalue weighted by Crippen LogP contribution is 2.55. The van der Waals surface area contributed by atoms with Gasteiger partial charge in [-0.1, -0.05) is 18.2 Å². The number of oxazole rings is 1. The van der Waals surface area contributed by atoms with Gasteiger partial charge in [0.1, 0.15) is 11.6 Å². The van der Waals surface area contributed by atoms with Crippen LogP contribution >= 0.6 is 0 Å². The number of para-hydroxylation sites is 2. The van der Waals surface area contributed by atoms with Crippen molar-refractivity contribution in [2.45, 2.75) is 11.9 Å². The lowest BCUT2D eigenvalue weighted by atomic mass is 9.60. The number of nitrogens with zero attached hydrogens (tertiary/aromatic N) is 1. The van der Waals surface area contributed by atoms with E-state index in [-0.39, 0.29) is 17.8 Å². The van der Waals surface area contributed by atoms with Crippen molar-refractivity contribution in [1.82, 2.24) is 4.98 Å². The topological polar surface area (TPSA) is 70.8 Å². The maximum absolute atomic E-state index is 13.0. The molecule has 4 aliphatic rings. The van der Waals surface area contributed by atoms with Gasteiger partial charge in [0.05, 0.1) is 18.1 Å². The number of allylic oxidation sites excluding steroid dienone is 1. The molecule has 0 radical (unpaired) electrons. The molecule has 1 aliphatic heterocycles. The minimum atomic E-state index is -1.39. The Balaban J connectivity index is 1.71. The fraction of sp³-hybridized carbons (Fsp3) is 0.368. The molecule has 0 unspecified atom stereocenters. The molecule has 6 rings (SSSR count). The third kappa shape index (κ3) is 1.75. The number of aromatic nitrogens is 1. The van der Waals surface area contributed by atoms with E-state index in [2.05, 4.69) is 4.98 Å². The van der Waals surface area contributed by atoms with E-state index in [1.54, 1.807) is 6.26 Å². The van der Waals surface area contributed by atoms with Gasteiger partial charge < -0.3 is 18.6 Å². The van der Waals surface area contributed by atoms with Crippen molar-refractivity contribution in [2.75, 3.05) is 14.2 Å². The number of carbonyl (C=O) groups excluding carboxylic acids is 1. The Morgan fingerprint density at radius 1 is 1.20 bits per heavy atom. The summed E-state index contributed by atoms with van der Waals surface area (Å²) in [6.07, 6.45) is 5.30. The number of hydrogen-bond acceptors (Lipinski definition) is 6. The summed E-state index contributed by atoms with van der Waals surface area (Å²) in [7, 11) is 2.98. The van der Waals surface area contributed by atoms with Crippen LogP contribution in [-0.2, 0) is 19.0 Å². The summed E-state index contributed by atoms with van der Waals surface area (Å²) < 4.78 is 23.0. The molecule has 1 aromatic heterocycles. The highest BCUT2D eigenvalue weighted by atomic mass is 16.7. The zero-order valence-electron chi connectivity index (χ0n) is 13.8. The second-order valence-electron chi connectivity index (χ2n) is 6.56. The zero-order chi connectivity index (χ0) is 17.2. The van der Waals surface area contributed by atoms with Crippen LogP contribution < -0.4 is 0 Å². The number of ether oxygens (including phenoxy) is 3. The van der Waals surface area contributed by atoms with E-state index in [9.17, 15) is 4.79 Å². The van der Waals surface area contributed by atoms with E-state index in [1.165, 1.54) is 14.2 Å². The Morgan fingerprint density at radius 3 is 2.76 bits per heavy atom. The summed E-state index contributed by atoms with van der Waals surface area (Å²) in [6, 6.07) is 7.57. The minimum absolute atomic E-state index is 0.0101. The average molecular weight is 339 g/mol. The SMILES string of the molecule is COC1(OC)C(=O)[C@H]2C=C(c3nc4ccccc4o3)[C@@H]1[C@@H]1OC=C[C@@H]12. The van der Waals surface area contributed by atoms with Crippen molar-refractivity contribution in [2.24, 2.45) is 17.8 Å². The molecule has 0 saturated heterocycles. The van der Waals surface area contributed by atoms with E-state index in [4.69, 9.17) is 18.6 Å². The normalized spacial score (nSPS) is 31.9. The van der Waals surface area contributed by atoms with Gasteiger partial charge in [0.25, 0.3) is 0 Å². The van der Waals surface area contributed by atoms with Crippen molar-refractivity contribution in [3.05, 3.63) is 48.6 Å². The predicted molar refractivity (Wildman–Crippen MR) is 88.2 cm³/mol. The van der Waals surface area contributed by atoms with Gasteiger partial charge in [0.2, 0.25) is 11.7 Å². The van der Waals surface area contributed by atoms with Crippen molar-refractivity contribution >= 4 is 22.5 Å². The Morgan fingerprint density at radius 2 is 2.00 bits per heavy atom. The molecular weight excluding hydrogens is 322 g/mol. The Bertz CT molecular complexity index is 890. The van der Waals surface area contributed by atoms with Crippen LogP contribution in [0, 0.1) is 17.8 Å². The molecule has 0 spiro atoms. The van der Waals surface area contributed by atoms with Crippen LogP contribution in [0.4, 0.5) is 0 Å². The molecule has 128 valence electrons. The molecule has 1 fully saturated rings. The zero-order valence-corrected chi connectivity index (χ0v) is 13.8. The smallest absolute Gasteiger partial charge is 0.240 e. The number of ketones is 1. The average Bonchev–Trinajstić information content (AvgIpc) is 3.29. The summed E-state index contributed by atoms with van der Waals surface area (Å²) in [5.41, 5.74) is 2.27. The number of methoxy groups -OCH3 is 2. The first kappa shape index (κ1) is 14.9. The van der Waals surface area contributed by atoms with Crippen LogP contribution in [0.3, 0.4) is 0 Å². The number of hydrogen-bond donors (Lipinski definition) is 0. The van der Waals surface area contributed by atoms with Crippen LogP contribution in [-0.4, -0.2) is 36.9 Å². The van der Waals surface area contributed by atoms with Crippen LogP contribution in [0.15, 0.2) is 47.1 Å².